The molecule has 0 fully saturated rings. The molecule has 2 aromatic rings. The number of rotatable bonds is 5. The van der Waals surface area contributed by atoms with Crippen LogP contribution in [0, 0.1) is 0 Å². The van der Waals surface area contributed by atoms with Crippen molar-refractivity contribution in [2.75, 3.05) is 0 Å². The molecule has 0 aliphatic carbocycles. The Balaban J connectivity index is 2.19. The maximum atomic E-state index is 12.3. The van der Waals surface area contributed by atoms with Crippen LogP contribution in [0.15, 0.2) is 53.5 Å². The molecule has 0 saturated carbocycles. The van der Waals surface area contributed by atoms with E-state index in [1.54, 1.807) is 36.4 Å². The van der Waals surface area contributed by atoms with Gasteiger partial charge in [-0.1, -0.05) is 30.3 Å². The van der Waals surface area contributed by atoms with Crippen LogP contribution in [-0.4, -0.2) is 22.8 Å². The van der Waals surface area contributed by atoms with E-state index in [1.807, 2.05) is 0 Å². The number of hydrogen-bond acceptors (Lipinski definition) is 3. The second kappa shape index (κ2) is 6.53. The van der Waals surface area contributed by atoms with Crippen molar-refractivity contribution in [1.29, 1.82) is 0 Å². The first-order chi connectivity index (χ1) is 10.5. The molecule has 22 heavy (non-hydrogen) atoms. The molecule has 0 aliphatic heterocycles. The zero-order valence-electron chi connectivity index (χ0n) is 11.7. The first-order valence-electron chi connectivity index (χ1n) is 6.51. The fourth-order valence-electron chi connectivity index (χ4n) is 2.03. The molecule has 0 amide bonds. The molecule has 0 saturated heterocycles. The number of carboxylic acid groups (broad SMARTS) is 1. The summed E-state index contributed by atoms with van der Waals surface area (Å²) in [5, 5.41) is 9.11. The molecule has 0 aliphatic rings. The maximum absolute atomic E-state index is 12.3. The monoisotopic (exact) mass is 297 g/mol. The van der Waals surface area contributed by atoms with Gasteiger partial charge in [-0.15, -0.1) is 0 Å². The molecule has 5 N–H and O–H groups in total. The third-order valence-electron chi connectivity index (χ3n) is 3.02. The molecule has 0 atom stereocenters. The van der Waals surface area contributed by atoms with Crippen molar-refractivity contribution in [2.24, 2.45) is 16.5 Å². The van der Waals surface area contributed by atoms with Gasteiger partial charge >= 0.3 is 5.97 Å². The van der Waals surface area contributed by atoms with Gasteiger partial charge in [0, 0.05) is 12.0 Å². The molecule has 0 unspecified atom stereocenters. The number of benzene rings is 2. The average Bonchev–Trinajstić information content (AvgIpc) is 2.48. The van der Waals surface area contributed by atoms with Crippen molar-refractivity contribution in [2.45, 2.75) is 6.42 Å². The molecule has 0 aromatic heterocycles. The van der Waals surface area contributed by atoms with Crippen molar-refractivity contribution >= 4 is 23.4 Å². The number of hydrogen-bond donors (Lipinski definition) is 3. The number of ketones is 1. The lowest BCUT2D eigenvalue weighted by molar-refractivity contribution is 0.0692. The van der Waals surface area contributed by atoms with Crippen molar-refractivity contribution < 1.29 is 14.7 Å². The van der Waals surface area contributed by atoms with E-state index in [0.29, 0.717) is 5.69 Å². The lowest BCUT2D eigenvalue weighted by Gasteiger charge is -2.05. The topological polar surface area (TPSA) is 119 Å². The molecule has 0 spiro atoms. The Labute approximate surface area is 127 Å². The van der Waals surface area contributed by atoms with E-state index in [2.05, 4.69) is 4.99 Å². The van der Waals surface area contributed by atoms with Crippen molar-refractivity contribution in [3.8, 4) is 0 Å². The number of aliphatic imine (C=N–C) groups is 1. The number of Topliss-reactive ketones (excluding diaryl/α,β-unsaturated/α-hetero) is 1. The van der Waals surface area contributed by atoms with Gasteiger partial charge in [0.2, 0.25) is 0 Å². The molecule has 0 radical (unpaired) electrons. The zero-order chi connectivity index (χ0) is 16.1. The van der Waals surface area contributed by atoms with Crippen molar-refractivity contribution in [3.63, 3.8) is 0 Å². The summed E-state index contributed by atoms with van der Waals surface area (Å²) in [6, 6.07) is 13.0. The number of carbonyl (C=O) groups is 2. The minimum absolute atomic E-state index is 0.00428. The number of guanidine groups is 1. The largest absolute Gasteiger partial charge is 0.478 e. The summed E-state index contributed by atoms with van der Waals surface area (Å²) >= 11 is 0. The van der Waals surface area contributed by atoms with Crippen LogP contribution in [0.5, 0.6) is 0 Å². The number of nitrogens with two attached hydrogens (primary N) is 2. The predicted molar refractivity (Wildman–Crippen MR) is 83.3 cm³/mol. The standard InChI is InChI=1S/C16H15N3O3/c17-16(18)19-11-7-5-10(6-8-11)9-14(20)12-3-1-2-4-13(12)15(21)22/h1-8H,9H2,(H,21,22)(H4,17,18,19). The molecule has 2 aromatic carbocycles. The van der Waals surface area contributed by atoms with Gasteiger partial charge in [0.25, 0.3) is 0 Å². The summed E-state index contributed by atoms with van der Waals surface area (Å²) in [5.41, 5.74) is 12.1. The summed E-state index contributed by atoms with van der Waals surface area (Å²) in [5.74, 6) is -1.42. The quantitative estimate of drug-likeness (QED) is 0.441. The Hall–Kier alpha value is -3.15. The van der Waals surface area contributed by atoms with Crippen LogP contribution in [0.3, 0.4) is 0 Å². The highest BCUT2D eigenvalue weighted by molar-refractivity contribution is 6.06. The van der Waals surface area contributed by atoms with Crippen LogP contribution in [0.25, 0.3) is 0 Å². The van der Waals surface area contributed by atoms with Gasteiger partial charge in [0.1, 0.15) is 0 Å². The Morgan fingerprint density at radius 1 is 0.955 bits per heavy atom. The van der Waals surface area contributed by atoms with Gasteiger partial charge in [-0.05, 0) is 23.8 Å². The maximum Gasteiger partial charge on any atom is 0.336 e. The molecular formula is C16H15N3O3. The van der Waals surface area contributed by atoms with E-state index in [-0.39, 0.29) is 29.3 Å². The summed E-state index contributed by atoms with van der Waals surface area (Å²) in [4.78, 5) is 27.3. The van der Waals surface area contributed by atoms with Crippen molar-refractivity contribution in [3.05, 3.63) is 65.2 Å². The molecule has 0 heterocycles. The predicted octanol–water partition coefficient (Wildman–Crippen LogP) is 1.72. The van der Waals surface area contributed by atoms with Gasteiger partial charge < -0.3 is 16.6 Å². The molecule has 6 nitrogen and oxygen atoms in total. The van der Waals surface area contributed by atoms with Crippen LogP contribution >= 0.6 is 0 Å². The van der Waals surface area contributed by atoms with Gasteiger partial charge in [-0.3, -0.25) is 4.79 Å². The second-order valence-electron chi connectivity index (χ2n) is 4.65. The average molecular weight is 297 g/mol. The van der Waals surface area contributed by atoms with Gasteiger partial charge in [0.15, 0.2) is 11.7 Å². The summed E-state index contributed by atoms with van der Waals surface area (Å²) in [7, 11) is 0. The first kappa shape index (κ1) is 15.2. The number of aromatic carboxylic acids is 1. The Morgan fingerprint density at radius 3 is 2.09 bits per heavy atom. The zero-order valence-corrected chi connectivity index (χ0v) is 11.7. The van der Waals surface area contributed by atoms with E-state index >= 15 is 0 Å². The minimum atomic E-state index is -1.12. The van der Waals surface area contributed by atoms with E-state index < -0.39 is 5.97 Å². The number of nitrogens with zero attached hydrogens (tertiary/aromatic N) is 1. The molecular weight excluding hydrogens is 282 g/mol. The van der Waals surface area contributed by atoms with Gasteiger partial charge in [0.05, 0.1) is 11.3 Å². The SMILES string of the molecule is NC(N)=Nc1ccc(CC(=O)c2ccccc2C(=O)O)cc1. The van der Waals surface area contributed by atoms with Crippen LogP contribution < -0.4 is 11.5 Å². The molecule has 6 heteroatoms. The van der Waals surface area contributed by atoms with E-state index in [0.717, 1.165) is 5.56 Å². The Kier molecular flexibility index (Phi) is 4.53. The molecule has 112 valence electrons. The van der Waals surface area contributed by atoms with E-state index in [1.165, 1.54) is 12.1 Å². The molecule has 2 rings (SSSR count). The minimum Gasteiger partial charge on any atom is -0.478 e. The Bertz CT molecular complexity index is 733. The summed E-state index contributed by atoms with van der Waals surface area (Å²) in [6.45, 7) is 0. The van der Waals surface area contributed by atoms with E-state index in [4.69, 9.17) is 16.6 Å². The van der Waals surface area contributed by atoms with Crippen LogP contribution in [-0.2, 0) is 6.42 Å². The van der Waals surface area contributed by atoms with E-state index in [9.17, 15) is 9.59 Å². The lowest BCUT2D eigenvalue weighted by atomic mass is 9.98. The second-order valence-corrected chi connectivity index (χ2v) is 4.65. The van der Waals surface area contributed by atoms with Crippen LogP contribution in [0.4, 0.5) is 5.69 Å². The number of carboxylic acids is 1. The van der Waals surface area contributed by atoms with Crippen LogP contribution in [0.2, 0.25) is 0 Å². The highest BCUT2D eigenvalue weighted by Gasteiger charge is 2.15. The van der Waals surface area contributed by atoms with Crippen LogP contribution in [0.1, 0.15) is 26.3 Å². The molecule has 0 bridgehead atoms. The van der Waals surface area contributed by atoms with Gasteiger partial charge in [-0.25, -0.2) is 9.79 Å². The third-order valence-corrected chi connectivity index (χ3v) is 3.02. The van der Waals surface area contributed by atoms with Crippen molar-refractivity contribution in [1.82, 2.24) is 0 Å². The summed E-state index contributed by atoms with van der Waals surface area (Å²) < 4.78 is 0. The van der Waals surface area contributed by atoms with Gasteiger partial charge in [-0.2, -0.15) is 0 Å². The third kappa shape index (κ3) is 3.69. The lowest BCUT2D eigenvalue weighted by Crippen LogP contribution is -2.21. The fourth-order valence-corrected chi connectivity index (χ4v) is 2.03. The smallest absolute Gasteiger partial charge is 0.336 e. The first-order valence-corrected chi connectivity index (χ1v) is 6.51. The normalized spacial score (nSPS) is 10.0. The highest BCUT2D eigenvalue weighted by atomic mass is 16.4. The fraction of sp³-hybridized carbons (Fsp3) is 0.0625. The summed E-state index contributed by atoms with van der Waals surface area (Å²) in [6.07, 6.45) is 0.104. The number of carbonyl (C=O) groups excluding carboxylic acids is 1. The Morgan fingerprint density at radius 2 is 1.55 bits per heavy atom. The highest BCUT2D eigenvalue weighted by Crippen LogP contribution is 2.16.